The van der Waals surface area contributed by atoms with E-state index in [2.05, 4.69) is 16.4 Å². The highest BCUT2D eigenvalue weighted by Crippen LogP contribution is 2.29. The molecule has 5 heteroatoms. The number of rotatable bonds is 3. The van der Waals surface area contributed by atoms with Crippen molar-refractivity contribution in [3.8, 4) is 5.75 Å². The minimum Gasteiger partial charge on any atom is -0.497 e. The van der Waals surface area contributed by atoms with Crippen molar-refractivity contribution in [3.63, 3.8) is 0 Å². The van der Waals surface area contributed by atoms with E-state index in [1.807, 2.05) is 56.3 Å². The van der Waals surface area contributed by atoms with Crippen molar-refractivity contribution >= 4 is 34.6 Å². The molecule has 3 rings (SSSR count). The maximum atomic E-state index is 12.1. The molecule has 1 amide bonds. The van der Waals surface area contributed by atoms with Gasteiger partial charge in [0.15, 0.2) is 5.17 Å². The second-order valence-corrected chi connectivity index (χ2v) is 6.63. The number of amidine groups is 1. The fourth-order valence-corrected chi connectivity index (χ4v) is 3.31. The lowest BCUT2D eigenvalue weighted by Crippen LogP contribution is -2.19. The third kappa shape index (κ3) is 3.86. The van der Waals surface area contributed by atoms with Crippen molar-refractivity contribution in [2.45, 2.75) is 13.8 Å². The zero-order valence-electron chi connectivity index (χ0n) is 13.8. The molecule has 0 radical (unpaired) electrons. The fraction of sp³-hybridized carbons (Fsp3) is 0.158. The Morgan fingerprint density at radius 3 is 2.38 bits per heavy atom. The van der Waals surface area contributed by atoms with Gasteiger partial charge in [-0.3, -0.25) is 4.79 Å². The molecule has 0 unspecified atom stereocenters. The zero-order chi connectivity index (χ0) is 17.1. The van der Waals surface area contributed by atoms with Crippen LogP contribution in [0.3, 0.4) is 0 Å². The largest absolute Gasteiger partial charge is 0.497 e. The summed E-state index contributed by atoms with van der Waals surface area (Å²) in [5.74, 6) is 0.664. The molecule has 1 N–H and O–H groups in total. The molecule has 1 fully saturated rings. The number of benzene rings is 2. The number of nitrogens with zero attached hydrogens (tertiary/aromatic N) is 1. The van der Waals surface area contributed by atoms with Gasteiger partial charge in [0.05, 0.1) is 17.7 Å². The van der Waals surface area contributed by atoms with Crippen LogP contribution < -0.4 is 10.1 Å². The first kappa shape index (κ1) is 16.3. The van der Waals surface area contributed by atoms with Crippen LogP contribution in [0, 0.1) is 13.8 Å². The van der Waals surface area contributed by atoms with Crippen LogP contribution in [0.5, 0.6) is 5.75 Å². The summed E-state index contributed by atoms with van der Waals surface area (Å²) in [6.45, 7) is 4.07. The SMILES string of the molecule is COc1ccc(/C=C2\SC(=Nc3cc(C)cc(C)c3)NC2=O)cc1. The molecule has 0 spiro atoms. The van der Waals surface area contributed by atoms with Crippen molar-refractivity contribution in [2.24, 2.45) is 4.99 Å². The lowest BCUT2D eigenvalue weighted by molar-refractivity contribution is -0.115. The fourth-order valence-electron chi connectivity index (χ4n) is 2.46. The Morgan fingerprint density at radius 2 is 1.75 bits per heavy atom. The highest BCUT2D eigenvalue weighted by Gasteiger charge is 2.23. The number of carbonyl (C=O) groups excluding carboxylic acids is 1. The van der Waals surface area contributed by atoms with E-state index in [1.54, 1.807) is 7.11 Å². The van der Waals surface area contributed by atoms with Crippen LogP contribution in [-0.4, -0.2) is 18.2 Å². The molecule has 1 heterocycles. The number of aliphatic imine (C=N–C) groups is 1. The van der Waals surface area contributed by atoms with E-state index >= 15 is 0 Å². The summed E-state index contributed by atoms with van der Waals surface area (Å²) in [4.78, 5) is 17.3. The number of carbonyl (C=O) groups is 1. The van der Waals surface area contributed by atoms with Gasteiger partial charge in [-0.25, -0.2) is 4.99 Å². The van der Waals surface area contributed by atoms with Crippen LogP contribution >= 0.6 is 11.8 Å². The van der Waals surface area contributed by atoms with E-state index in [1.165, 1.54) is 11.8 Å². The Balaban J connectivity index is 1.81. The van der Waals surface area contributed by atoms with E-state index in [9.17, 15) is 4.79 Å². The first-order valence-electron chi connectivity index (χ1n) is 7.55. The number of hydrogen-bond donors (Lipinski definition) is 1. The summed E-state index contributed by atoms with van der Waals surface area (Å²) >= 11 is 1.35. The van der Waals surface area contributed by atoms with Crippen molar-refractivity contribution < 1.29 is 9.53 Å². The molecule has 122 valence electrons. The van der Waals surface area contributed by atoms with E-state index in [0.29, 0.717) is 10.1 Å². The first-order chi connectivity index (χ1) is 11.5. The van der Waals surface area contributed by atoms with Gasteiger partial charge in [0.1, 0.15) is 5.75 Å². The van der Waals surface area contributed by atoms with Gasteiger partial charge >= 0.3 is 0 Å². The molecular formula is C19H18N2O2S. The number of thioether (sulfide) groups is 1. The average Bonchev–Trinajstić information content (AvgIpc) is 2.86. The van der Waals surface area contributed by atoms with Crippen LogP contribution in [0.25, 0.3) is 6.08 Å². The maximum Gasteiger partial charge on any atom is 0.264 e. The monoisotopic (exact) mass is 338 g/mol. The highest BCUT2D eigenvalue weighted by molar-refractivity contribution is 8.18. The maximum absolute atomic E-state index is 12.1. The molecule has 2 aromatic carbocycles. The van der Waals surface area contributed by atoms with Crippen molar-refractivity contribution in [1.29, 1.82) is 0 Å². The molecule has 0 saturated carbocycles. The third-order valence-corrected chi connectivity index (χ3v) is 4.41. The zero-order valence-corrected chi connectivity index (χ0v) is 14.6. The first-order valence-corrected chi connectivity index (χ1v) is 8.37. The Morgan fingerprint density at radius 1 is 1.08 bits per heavy atom. The Kier molecular flexibility index (Phi) is 4.71. The summed E-state index contributed by atoms with van der Waals surface area (Å²) in [5, 5.41) is 3.42. The van der Waals surface area contributed by atoms with Crippen molar-refractivity contribution in [1.82, 2.24) is 5.32 Å². The van der Waals surface area contributed by atoms with Crippen LogP contribution in [-0.2, 0) is 4.79 Å². The number of methoxy groups -OCH3 is 1. The minimum absolute atomic E-state index is 0.126. The minimum atomic E-state index is -0.126. The van der Waals surface area contributed by atoms with Crippen LogP contribution in [0.2, 0.25) is 0 Å². The number of ether oxygens (including phenoxy) is 1. The lowest BCUT2D eigenvalue weighted by Gasteiger charge is -2.01. The summed E-state index contributed by atoms with van der Waals surface area (Å²) in [5.41, 5.74) is 4.09. The molecule has 4 nitrogen and oxygen atoms in total. The van der Waals surface area contributed by atoms with Crippen molar-refractivity contribution in [2.75, 3.05) is 7.11 Å². The van der Waals surface area contributed by atoms with Crippen LogP contribution in [0.1, 0.15) is 16.7 Å². The summed E-state index contributed by atoms with van der Waals surface area (Å²) in [7, 11) is 1.63. The van der Waals surface area contributed by atoms with Gasteiger partial charge in [-0.2, -0.15) is 0 Å². The standard InChI is InChI=1S/C19H18N2O2S/c1-12-8-13(2)10-15(9-12)20-19-21-18(22)17(24-19)11-14-4-6-16(23-3)7-5-14/h4-11H,1-3H3,(H,20,21,22)/b17-11-. The van der Waals surface area contributed by atoms with Gasteiger partial charge < -0.3 is 10.1 Å². The topological polar surface area (TPSA) is 50.7 Å². The third-order valence-electron chi connectivity index (χ3n) is 3.50. The number of aryl methyl sites for hydroxylation is 2. The normalized spacial score (nSPS) is 17.4. The van der Waals surface area contributed by atoms with Gasteiger partial charge in [0.2, 0.25) is 0 Å². The number of nitrogens with one attached hydrogen (secondary N) is 1. The molecular weight excluding hydrogens is 320 g/mol. The average molecular weight is 338 g/mol. The van der Waals surface area contributed by atoms with Gasteiger partial charge in [-0.05, 0) is 72.6 Å². The molecule has 0 aliphatic carbocycles. The van der Waals surface area contributed by atoms with E-state index in [4.69, 9.17) is 4.74 Å². The Bertz CT molecular complexity index is 819. The van der Waals surface area contributed by atoms with E-state index in [0.717, 1.165) is 28.1 Å². The van der Waals surface area contributed by atoms with Crippen LogP contribution in [0.4, 0.5) is 5.69 Å². The molecule has 1 saturated heterocycles. The number of hydrogen-bond acceptors (Lipinski definition) is 4. The van der Waals surface area contributed by atoms with E-state index in [-0.39, 0.29) is 5.91 Å². The van der Waals surface area contributed by atoms with Crippen molar-refractivity contribution in [3.05, 3.63) is 64.1 Å². The molecule has 2 aromatic rings. The Hall–Kier alpha value is -2.53. The van der Waals surface area contributed by atoms with Crippen LogP contribution in [0.15, 0.2) is 52.4 Å². The molecule has 0 atom stereocenters. The van der Waals surface area contributed by atoms with Gasteiger partial charge in [0.25, 0.3) is 5.91 Å². The predicted molar refractivity (Wildman–Crippen MR) is 99.7 cm³/mol. The Labute approximate surface area is 145 Å². The smallest absolute Gasteiger partial charge is 0.264 e. The lowest BCUT2D eigenvalue weighted by atomic mass is 10.1. The van der Waals surface area contributed by atoms with E-state index < -0.39 is 0 Å². The second kappa shape index (κ2) is 6.93. The quantitative estimate of drug-likeness (QED) is 0.853. The molecule has 0 bridgehead atoms. The summed E-state index contributed by atoms with van der Waals surface area (Å²) < 4.78 is 5.14. The molecule has 1 aliphatic rings. The number of amides is 1. The highest BCUT2D eigenvalue weighted by atomic mass is 32.2. The van der Waals surface area contributed by atoms with Gasteiger partial charge in [0, 0.05) is 0 Å². The second-order valence-electron chi connectivity index (χ2n) is 5.60. The van der Waals surface area contributed by atoms with Gasteiger partial charge in [-0.15, -0.1) is 0 Å². The predicted octanol–water partition coefficient (Wildman–Crippen LogP) is 4.20. The summed E-state index contributed by atoms with van der Waals surface area (Å²) in [6, 6.07) is 13.7. The molecule has 24 heavy (non-hydrogen) atoms. The molecule has 0 aromatic heterocycles. The summed E-state index contributed by atoms with van der Waals surface area (Å²) in [6.07, 6.45) is 1.85. The molecule has 1 aliphatic heterocycles. The van der Waals surface area contributed by atoms with Gasteiger partial charge in [-0.1, -0.05) is 18.2 Å².